The quantitative estimate of drug-likeness (QED) is 0.844. The van der Waals surface area contributed by atoms with Gasteiger partial charge in [0.2, 0.25) is 17.8 Å². The molecule has 1 aromatic carbocycles. The molecule has 1 unspecified atom stereocenters. The van der Waals surface area contributed by atoms with E-state index in [2.05, 4.69) is 5.32 Å². The SMILES string of the molecule is CCOc1ccc2nc(N3CCCC3C(=O)N3CCNC(=O)CC3)nc(C)c2c1. The summed E-state index contributed by atoms with van der Waals surface area (Å²) in [5.41, 5.74) is 1.72. The molecule has 4 rings (SSSR count). The van der Waals surface area contributed by atoms with E-state index in [0.717, 1.165) is 41.7 Å². The number of benzene rings is 1. The average Bonchev–Trinajstić information content (AvgIpc) is 3.10. The van der Waals surface area contributed by atoms with Crippen LogP contribution in [0.5, 0.6) is 5.75 Å². The third-order valence-corrected chi connectivity index (χ3v) is 5.58. The molecule has 8 nitrogen and oxygen atoms in total. The minimum atomic E-state index is -0.275. The Morgan fingerprint density at radius 3 is 2.97 bits per heavy atom. The van der Waals surface area contributed by atoms with Crippen LogP contribution in [0.4, 0.5) is 5.95 Å². The van der Waals surface area contributed by atoms with Crippen molar-refractivity contribution in [1.29, 1.82) is 0 Å². The molecule has 29 heavy (non-hydrogen) atoms. The standard InChI is InChI=1S/C21H27N5O3/c1-3-29-15-6-7-17-16(13-15)14(2)23-21(24-17)26-10-4-5-18(26)20(28)25-11-8-19(27)22-9-12-25/h6-7,13,18H,3-5,8-12H2,1-2H3,(H,22,27). The fourth-order valence-corrected chi connectivity index (χ4v) is 4.09. The van der Waals surface area contributed by atoms with Crippen LogP contribution in [-0.2, 0) is 9.59 Å². The molecule has 3 heterocycles. The zero-order valence-electron chi connectivity index (χ0n) is 17.0. The number of rotatable bonds is 4. The lowest BCUT2D eigenvalue weighted by atomic mass is 10.1. The van der Waals surface area contributed by atoms with Gasteiger partial charge in [-0.05, 0) is 44.9 Å². The number of anilines is 1. The molecule has 1 N–H and O–H groups in total. The van der Waals surface area contributed by atoms with Crippen LogP contribution in [0, 0.1) is 6.92 Å². The van der Waals surface area contributed by atoms with E-state index in [-0.39, 0.29) is 17.9 Å². The van der Waals surface area contributed by atoms with Crippen molar-refractivity contribution in [2.24, 2.45) is 0 Å². The lowest BCUT2D eigenvalue weighted by Gasteiger charge is -2.29. The number of aryl methyl sites for hydroxylation is 1. The van der Waals surface area contributed by atoms with E-state index in [4.69, 9.17) is 14.7 Å². The van der Waals surface area contributed by atoms with Gasteiger partial charge in [-0.1, -0.05) is 0 Å². The zero-order chi connectivity index (χ0) is 20.4. The molecule has 1 aromatic heterocycles. The molecule has 2 aliphatic heterocycles. The fraction of sp³-hybridized carbons (Fsp3) is 0.524. The number of ether oxygens (including phenoxy) is 1. The topological polar surface area (TPSA) is 87.7 Å². The Morgan fingerprint density at radius 2 is 2.14 bits per heavy atom. The largest absolute Gasteiger partial charge is 0.494 e. The van der Waals surface area contributed by atoms with Crippen molar-refractivity contribution >= 4 is 28.7 Å². The van der Waals surface area contributed by atoms with Crippen molar-refractivity contribution in [3.05, 3.63) is 23.9 Å². The molecule has 2 aromatic rings. The van der Waals surface area contributed by atoms with E-state index in [1.54, 1.807) is 4.90 Å². The number of nitrogens with one attached hydrogen (secondary N) is 1. The Balaban J connectivity index is 1.59. The Kier molecular flexibility index (Phi) is 5.51. The van der Waals surface area contributed by atoms with Gasteiger partial charge in [-0.15, -0.1) is 0 Å². The minimum absolute atomic E-state index is 0.00323. The summed E-state index contributed by atoms with van der Waals surface area (Å²) in [6.45, 7) is 6.80. The normalized spacial score (nSPS) is 19.9. The molecule has 2 fully saturated rings. The Morgan fingerprint density at radius 1 is 1.28 bits per heavy atom. The number of hydrogen-bond acceptors (Lipinski definition) is 6. The first-order valence-electron chi connectivity index (χ1n) is 10.3. The first kappa shape index (κ1) is 19.4. The fourth-order valence-electron chi connectivity index (χ4n) is 4.09. The summed E-state index contributed by atoms with van der Waals surface area (Å²) in [4.78, 5) is 38.1. The summed E-state index contributed by atoms with van der Waals surface area (Å²) in [6, 6.07) is 5.54. The predicted molar refractivity (Wildman–Crippen MR) is 110 cm³/mol. The van der Waals surface area contributed by atoms with E-state index in [1.165, 1.54) is 0 Å². The summed E-state index contributed by atoms with van der Waals surface area (Å²) < 4.78 is 5.59. The summed E-state index contributed by atoms with van der Waals surface area (Å²) in [6.07, 6.45) is 2.05. The molecule has 0 radical (unpaired) electrons. The van der Waals surface area contributed by atoms with Gasteiger partial charge in [-0.3, -0.25) is 9.59 Å². The highest BCUT2D eigenvalue weighted by molar-refractivity contribution is 5.88. The molecule has 0 saturated carbocycles. The zero-order valence-corrected chi connectivity index (χ0v) is 17.0. The Bertz CT molecular complexity index is 932. The second-order valence-corrected chi connectivity index (χ2v) is 7.50. The van der Waals surface area contributed by atoms with Crippen molar-refractivity contribution in [1.82, 2.24) is 20.2 Å². The third kappa shape index (κ3) is 3.97. The van der Waals surface area contributed by atoms with Crippen LogP contribution in [0.3, 0.4) is 0 Å². The second kappa shape index (κ2) is 8.23. The average molecular weight is 397 g/mol. The van der Waals surface area contributed by atoms with Gasteiger partial charge in [0, 0.05) is 38.0 Å². The van der Waals surface area contributed by atoms with Crippen LogP contribution in [0.25, 0.3) is 10.9 Å². The van der Waals surface area contributed by atoms with E-state index in [9.17, 15) is 9.59 Å². The summed E-state index contributed by atoms with van der Waals surface area (Å²) in [5.74, 6) is 1.47. The Labute approximate surface area is 170 Å². The summed E-state index contributed by atoms with van der Waals surface area (Å²) in [5, 5.41) is 3.78. The van der Waals surface area contributed by atoms with Crippen molar-refractivity contribution in [3.63, 3.8) is 0 Å². The smallest absolute Gasteiger partial charge is 0.245 e. The van der Waals surface area contributed by atoms with Crippen molar-refractivity contribution in [2.75, 3.05) is 37.7 Å². The van der Waals surface area contributed by atoms with Crippen LogP contribution in [-0.4, -0.2) is 65.5 Å². The third-order valence-electron chi connectivity index (χ3n) is 5.58. The number of carbonyl (C=O) groups is 2. The summed E-state index contributed by atoms with van der Waals surface area (Å²) in [7, 11) is 0. The van der Waals surface area contributed by atoms with Crippen LogP contribution >= 0.6 is 0 Å². The molecule has 154 valence electrons. The number of aromatic nitrogens is 2. The highest BCUT2D eigenvalue weighted by Gasteiger charge is 2.36. The molecule has 0 aliphatic carbocycles. The molecular formula is C21H27N5O3. The lowest BCUT2D eigenvalue weighted by Crippen LogP contribution is -2.47. The molecule has 2 amide bonds. The first-order valence-corrected chi connectivity index (χ1v) is 10.3. The molecule has 0 bridgehead atoms. The molecular weight excluding hydrogens is 370 g/mol. The Hall–Kier alpha value is -2.90. The maximum absolute atomic E-state index is 13.2. The van der Waals surface area contributed by atoms with Crippen LogP contribution in [0.2, 0.25) is 0 Å². The first-order chi connectivity index (χ1) is 14.1. The van der Waals surface area contributed by atoms with Crippen LogP contribution in [0.15, 0.2) is 18.2 Å². The number of carbonyl (C=O) groups excluding carboxylic acids is 2. The van der Waals surface area contributed by atoms with Gasteiger partial charge < -0.3 is 19.9 Å². The van der Waals surface area contributed by atoms with E-state index in [0.29, 0.717) is 38.6 Å². The van der Waals surface area contributed by atoms with E-state index < -0.39 is 0 Å². The number of fused-ring (bicyclic) bond motifs is 1. The molecule has 2 aliphatic rings. The monoisotopic (exact) mass is 397 g/mol. The van der Waals surface area contributed by atoms with Crippen molar-refractivity contribution in [2.45, 2.75) is 39.2 Å². The van der Waals surface area contributed by atoms with Crippen molar-refractivity contribution in [3.8, 4) is 5.75 Å². The van der Waals surface area contributed by atoms with Gasteiger partial charge in [0.05, 0.1) is 17.8 Å². The molecule has 8 heteroatoms. The highest BCUT2D eigenvalue weighted by atomic mass is 16.5. The highest BCUT2D eigenvalue weighted by Crippen LogP contribution is 2.28. The van der Waals surface area contributed by atoms with Gasteiger partial charge in [0.1, 0.15) is 11.8 Å². The van der Waals surface area contributed by atoms with Crippen LogP contribution in [0.1, 0.15) is 31.9 Å². The minimum Gasteiger partial charge on any atom is -0.494 e. The van der Waals surface area contributed by atoms with Gasteiger partial charge in [-0.25, -0.2) is 9.97 Å². The van der Waals surface area contributed by atoms with Crippen molar-refractivity contribution < 1.29 is 14.3 Å². The molecule has 2 saturated heterocycles. The number of hydrogen-bond donors (Lipinski definition) is 1. The van der Waals surface area contributed by atoms with Gasteiger partial charge in [0.25, 0.3) is 0 Å². The number of nitrogens with zero attached hydrogens (tertiary/aromatic N) is 4. The second-order valence-electron chi connectivity index (χ2n) is 7.50. The predicted octanol–water partition coefficient (Wildman–Crippen LogP) is 1.65. The maximum Gasteiger partial charge on any atom is 0.245 e. The van der Waals surface area contributed by atoms with Gasteiger partial charge in [-0.2, -0.15) is 0 Å². The molecule has 1 atom stereocenters. The summed E-state index contributed by atoms with van der Waals surface area (Å²) >= 11 is 0. The maximum atomic E-state index is 13.2. The van der Waals surface area contributed by atoms with Crippen LogP contribution < -0.4 is 15.0 Å². The van der Waals surface area contributed by atoms with Gasteiger partial charge >= 0.3 is 0 Å². The number of amides is 2. The van der Waals surface area contributed by atoms with Gasteiger partial charge in [0.15, 0.2) is 0 Å². The van der Waals surface area contributed by atoms with E-state index in [1.807, 2.05) is 36.9 Å². The van der Waals surface area contributed by atoms with E-state index >= 15 is 0 Å². The molecule has 0 spiro atoms. The lowest BCUT2D eigenvalue weighted by molar-refractivity contribution is -0.132.